The Kier molecular flexibility index (Phi) is 7.13. The Morgan fingerprint density at radius 3 is 2.03 bits per heavy atom. The molecule has 2 rings (SSSR count). The molecule has 2 aliphatic heterocycles. The van der Waals surface area contributed by atoms with Crippen molar-refractivity contribution in [2.24, 2.45) is 0 Å². The van der Waals surface area contributed by atoms with Crippen LogP contribution in [0.4, 0.5) is 9.59 Å². The molecule has 2 aliphatic rings. The number of nitrogens with zero attached hydrogens (tertiary/aromatic N) is 2. The number of hydrazine groups is 2. The number of hydrogen-bond acceptors (Lipinski definition) is 9. The van der Waals surface area contributed by atoms with Gasteiger partial charge in [0.2, 0.25) is 0 Å². The zero-order valence-electron chi connectivity index (χ0n) is 18.4. The van der Waals surface area contributed by atoms with Crippen molar-refractivity contribution in [1.29, 1.82) is 0 Å². The van der Waals surface area contributed by atoms with Crippen LogP contribution in [0.2, 0.25) is 0 Å². The molecular weight excluding hydrogens is 380 g/mol. The van der Waals surface area contributed by atoms with Crippen LogP contribution in [0.15, 0.2) is 0 Å². The Morgan fingerprint density at radius 1 is 1.00 bits per heavy atom. The van der Waals surface area contributed by atoms with E-state index in [4.69, 9.17) is 14.2 Å². The average molecular weight is 415 g/mol. The van der Waals surface area contributed by atoms with Crippen molar-refractivity contribution >= 4 is 18.2 Å². The van der Waals surface area contributed by atoms with Crippen LogP contribution in [0, 0.1) is 0 Å². The van der Waals surface area contributed by atoms with Gasteiger partial charge in [0.15, 0.2) is 0 Å². The van der Waals surface area contributed by atoms with Gasteiger partial charge in [0, 0.05) is 6.54 Å². The molecule has 0 spiro atoms. The number of piperidine rings is 1. The maximum Gasteiger partial charge on any atom is 0.420 e. The van der Waals surface area contributed by atoms with E-state index in [1.807, 2.05) is 5.01 Å². The summed E-state index contributed by atoms with van der Waals surface area (Å²) in [4.78, 5) is 38.8. The van der Waals surface area contributed by atoms with Gasteiger partial charge in [-0.1, -0.05) is 0 Å². The van der Waals surface area contributed by atoms with Gasteiger partial charge in [-0.25, -0.2) is 24.9 Å². The molecule has 0 unspecified atom stereocenters. The van der Waals surface area contributed by atoms with Crippen LogP contribution in [-0.4, -0.2) is 70.5 Å². The molecule has 0 aliphatic carbocycles. The van der Waals surface area contributed by atoms with Crippen molar-refractivity contribution in [2.45, 2.75) is 90.6 Å². The topological polar surface area (TPSA) is 109 Å². The number of esters is 1. The minimum absolute atomic E-state index is 0.135. The Labute approximate surface area is 172 Å². The molecule has 166 valence electrons. The molecule has 10 nitrogen and oxygen atoms in total. The van der Waals surface area contributed by atoms with Crippen molar-refractivity contribution in [2.75, 3.05) is 13.2 Å². The minimum atomic E-state index is -0.753. The van der Waals surface area contributed by atoms with E-state index in [-0.39, 0.29) is 12.0 Å². The van der Waals surface area contributed by atoms with Crippen LogP contribution in [0.3, 0.4) is 0 Å². The fourth-order valence-electron chi connectivity index (χ4n) is 3.35. The van der Waals surface area contributed by atoms with Crippen molar-refractivity contribution in [1.82, 2.24) is 20.9 Å². The van der Waals surface area contributed by atoms with E-state index < -0.39 is 35.5 Å². The summed E-state index contributed by atoms with van der Waals surface area (Å²) < 4.78 is 16.0. The number of amides is 2. The lowest BCUT2D eigenvalue weighted by atomic mass is 9.94. The molecule has 2 amide bonds. The number of hydrogen-bond donors (Lipinski definition) is 2. The van der Waals surface area contributed by atoms with Gasteiger partial charge < -0.3 is 14.2 Å². The van der Waals surface area contributed by atoms with Gasteiger partial charge in [-0.2, -0.15) is 5.53 Å². The largest absolute Gasteiger partial charge is 0.465 e. The fraction of sp³-hybridized carbons (Fsp3) is 0.842. The molecule has 0 aromatic rings. The highest BCUT2D eigenvalue weighted by Crippen LogP contribution is 2.27. The molecule has 2 heterocycles. The Morgan fingerprint density at radius 2 is 1.55 bits per heavy atom. The molecule has 29 heavy (non-hydrogen) atoms. The highest BCUT2D eigenvalue weighted by molar-refractivity contribution is 5.88. The molecule has 2 fully saturated rings. The highest BCUT2D eigenvalue weighted by Gasteiger charge is 2.47. The Bertz CT molecular complexity index is 599. The van der Waals surface area contributed by atoms with Gasteiger partial charge >= 0.3 is 18.2 Å². The molecular formula is C19H34N4O6. The van der Waals surface area contributed by atoms with Gasteiger partial charge in [-0.3, -0.25) is 4.79 Å². The average Bonchev–Trinajstić information content (AvgIpc) is 2.95. The van der Waals surface area contributed by atoms with Crippen molar-refractivity contribution < 1.29 is 28.6 Å². The lowest BCUT2D eigenvalue weighted by molar-refractivity contribution is -0.146. The van der Waals surface area contributed by atoms with E-state index in [1.54, 1.807) is 48.5 Å². The van der Waals surface area contributed by atoms with Crippen LogP contribution in [-0.2, 0) is 19.0 Å². The first-order valence-corrected chi connectivity index (χ1v) is 10.0. The predicted molar refractivity (Wildman–Crippen MR) is 105 cm³/mol. The molecule has 3 atom stereocenters. The molecule has 2 saturated heterocycles. The number of imide groups is 1. The fourth-order valence-corrected chi connectivity index (χ4v) is 3.35. The normalized spacial score (nSPS) is 25.1. The molecule has 10 heteroatoms. The smallest absolute Gasteiger partial charge is 0.420 e. The van der Waals surface area contributed by atoms with Gasteiger partial charge in [-0.15, -0.1) is 0 Å². The zero-order chi connectivity index (χ0) is 22.0. The maximum absolute atomic E-state index is 12.8. The number of nitrogens with one attached hydrogen (secondary N) is 2. The quantitative estimate of drug-likeness (QED) is 0.529. The van der Waals surface area contributed by atoms with Gasteiger partial charge in [-0.05, 0) is 61.3 Å². The number of rotatable bonds is 3. The number of carbonyl (C=O) groups excluding carboxylic acids is 3. The van der Waals surface area contributed by atoms with E-state index in [1.165, 1.54) is 0 Å². The first kappa shape index (κ1) is 23.4. The van der Waals surface area contributed by atoms with Crippen molar-refractivity contribution in [3.05, 3.63) is 0 Å². The molecule has 0 bridgehead atoms. The van der Waals surface area contributed by atoms with Crippen LogP contribution in [0.25, 0.3) is 0 Å². The van der Waals surface area contributed by atoms with Crippen molar-refractivity contribution in [3.63, 3.8) is 0 Å². The van der Waals surface area contributed by atoms with Crippen LogP contribution < -0.4 is 11.0 Å². The SMILES string of the molecule is CCOC(=O)[C@H]1NNN2C[C@@H](N(C(=O)OC(C)(C)C)C(=O)OC(C)(C)C)CC[C@H]12. The Hall–Kier alpha value is -1.91. The summed E-state index contributed by atoms with van der Waals surface area (Å²) in [6, 6.07) is -1.11. The van der Waals surface area contributed by atoms with E-state index >= 15 is 0 Å². The first-order chi connectivity index (χ1) is 13.3. The summed E-state index contributed by atoms with van der Waals surface area (Å²) in [5, 5.41) is 1.82. The molecule has 2 N–H and O–H groups in total. The molecule has 0 aromatic carbocycles. The summed E-state index contributed by atoms with van der Waals surface area (Å²) in [5.74, 6) is -0.331. The second-order valence-electron chi connectivity index (χ2n) is 9.27. The minimum Gasteiger partial charge on any atom is -0.465 e. The first-order valence-electron chi connectivity index (χ1n) is 10.0. The number of carbonyl (C=O) groups is 3. The lowest BCUT2D eigenvalue weighted by Gasteiger charge is -2.40. The van der Waals surface area contributed by atoms with E-state index in [0.29, 0.717) is 26.0 Å². The van der Waals surface area contributed by atoms with Crippen LogP contribution in [0.1, 0.15) is 61.3 Å². The molecule has 0 aromatic heterocycles. The monoisotopic (exact) mass is 414 g/mol. The zero-order valence-corrected chi connectivity index (χ0v) is 18.4. The van der Waals surface area contributed by atoms with Crippen LogP contribution in [0.5, 0.6) is 0 Å². The van der Waals surface area contributed by atoms with E-state index in [9.17, 15) is 14.4 Å². The summed E-state index contributed by atoms with van der Waals surface area (Å²) in [7, 11) is 0. The second-order valence-corrected chi connectivity index (χ2v) is 9.27. The summed E-state index contributed by atoms with van der Waals surface area (Å²) in [6.07, 6.45) is -0.400. The summed E-state index contributed by atoms with van der Waals surface area (Å²) in [6.45, 7) is 12.8. The van der Waals surface area contributed by atoms with Crippen LogP contribution >= 0.6 is 0 Å². The Balaban J connectivity index is 2.15. The van der Waals surface area contributed by atoms with Crippen molar-refractivity contribution in [3.8, 4) is 0 Å². The third-order valence-corrected chi connectivity index (χ3v) is 4.44. The van der Waals surface area contributed by atoms with E-state index in [0.717, 1.165) is 4.90 Å². The summed E-state index contributed by atoms with van der Waals surface area (Å²) in [5.41, 5.74) is 4.38. The third kappa shape index (κ3) is 6.28. The third-order valence-electron chi connectivity index (χ3n) is 4.44. The number of ether oxygens (including phenoxy) is 3. The lowest BCUT2D eigenvalue weighted by Crippen LogP contribution is -2.58. The highest BCUT2D eigenvalue weighted by atomic mass is 16.6. The second kappa shape index (κ2) is 8.85. The molecule has 0 radical (unpaired) electrons. The standard InChI is InChI=1S/C19H34N4O6/c1-8-27-15(24)14-13-10-9-12(11-22(13)21-20-14)23(16(25)28-18(2,3)4)17(26)29-19(5,6)7/h12-14,20-21H,8-11H2,1-7H3/t12-,13+,14-/m0/s1. The van der Waals surface area contributed by atoms with Gasteiger partial charge in [0.25, 0.3) is 0 Å². The maximum atomic E-state index is 12.8. The molecule has 0 saturated carbocycles. The number of fused-ring (bicyclic) bond motifs is 1. The summed E-state index contributed by atoms with van der Waals surface area (Å²) >= 11 is 0. The van der Waals surface area contributed by atoms with Gasteiger partial charge in [0.1, 0.15) is 17.2 Å². The van der Waals surface area contributed by atoms with E-state index in [2.05, 4.69) is 11.0 Å². The van der Waals surface area contributed by atoms with Gasteiger partial charge in [0.05, 0.1) is 18.7 Å². The predicted octanol–water partition coefficient (Wildman–Crippen LogP) is 1.95.